The Morgan fingerprint density at radius 3 is 2.45 bits per heavy atom. The second kappa shape index (κ2) is 8.78. The Bertz CT molecular complexity index is 925. The zero-order valence-electron chi connectivity index (χ0n) is 16.0. The number of aryl methyl sites for hydroxylation is 1. The Kier molecular flexibility index (Phi) is 6.18. The first kappa shape index (κ1) is 20.4. The number of nitro groups is 1. The molecule has 0 unspecified atom stereocenters. The summed E-state index contributed by atoms with van der Waals surface area (Å²) in [6.45, 7) is 3.98. The van der Waals surface area contributed by atoms with E-state index < -0.39 is 4.92 Å². The van der Waals surface area contributed by atoms with Crippen LogP contribution in [-0.2, 0) is 4.79 Å². The molecule has 0 saturated carbocycles. The van der Waals surface area contributed by atoms with E-state index in [1.165, 1.54) is 30.3 Å². The number of nitrogens with zero attached hydrogens (tertiary/aromatic N) is 2. The van der Waals surface area contributed by atoms with Crippen LogP contribution >= 0.6 is 0 Å². The van der Waals surface area contributed by atoms with Gasteiger partial charge in [0.1, 0.15) is 5.82 Å². The van der Waals surface area contributed by atoms with E-state index in [1.54, 1.807) is 24.0 Å². The molecule has 8 nitrogen and oxygen atoms in total. The molecule has 2 aromatic carbocycles. The minimum atomic E-state index is -0.492. The van der Waals surface area contributed by atoms with E-state index in [2.05, 4.69) is 5.32 Å². The van der Waals surface area contributed by atoms with E-state index in [0.29, 0.717) is 43.0 Å². The van der Waals surface area contributed by atoms with Gasteiger partial charge in [-0.3, -0.25) is 19.7 Å². The molecule has 2 amide bonds. The molecule has 152 valence electrons. The molecule has 1 fully saturated rings. The monoisotopic (exact) mass is 401 g/mol. The molecule has 2 aromatic rings. The fraction of sp³-hybridized carbons (Fsp3) is 0.300. The number of halogens is 1. The summed E-state index contributed by atoms with van der Waals surface area (Å²) in [5.74, 6) is -0.795. The van der Waals surface area contributed by atoms with Crippen LogP contribution in [0.4, 0.5) is 15.8 Å². The van der Waals surface area contributed by atoms with Crippen LogP contribution in [0, 0.1) is 22.9 Å². The summed E-state index contributed by atoms with van der Waals surface area (Å²) in [6.07, 6.45) is 0. The summed E-state index contributed by atoms with van der Waals surface area (Å²) in [5.41, 5.74) is 1.26. The van der Waals surface area contributed by atoms with Crippen molar-refractivity contribution in [1.82, 2.24) is 4.90 Å². The quantitative estimate of drug-likeness (QED) is 0.578. The predicted molar refractivity (Wildman–Crippen MR) is 104 cm³/mol. The summed E-state index contributed by atoms with van der Waals surface area (Å²) < 4.78 is 12.9. The highest BCUT2D eigenvalue weighted by Gasteiger charge is 2.27. The van der Waals surface area contributed by atoms with Gasteiger partial charge in [0.15, 0.2) is 6.54 Å². The molecular formula is C20H22FN4O4+. The van der Waals surface area contributed by atoms with Crippen molar-refractivity contribution in [3.05, 3.63) is 69.5 Å². The van der Waals surface area contributed by atoms with Gasteiger partial charge in [0, 0.05) is 22.9 Å². The maximum absolute atomic E-state index is 12.9. The standard InChI is InChI=1S/C20H21FN4O4/c1-14-2-3-15(12-18(14)25(28)29)20(27)24-10-8-23(9-11-24)13-19(26)22-17-6-4-16(21)5-7-17/h2-7,12H,8-11,13H2,1H3,(H,22,26)/p+1. The van der Waals surface area contributed by atoms with E-state index in [0.717, 1.165) is 4.90 Å². The molecule has 0 aliphatic carbocycles. The van der Waals surface area contributed by atoms with E-state index in [-0.39, 0.29) is 29.9 Å². The Morgan fingerprint density at radius 2 is 1.83 bits per heavy atom. The number of carbonyl (C=O) groups excluding carboxylic acids is 2. The zero-order valence-corrected chi connectivity index (χ0v) is 16.0. The van der Waals surface area contributed by atoms with Crippen molar-refractivity contribution >= 4 is 23.2 Å². The number of nitrogens with one attached hydrogen (secondary N) is 2. The minimum absolute atomic E-state index is 0.0717. The van der Waals surface area contributed by atoms with Crippen molar-refractivity contribution < 1.29 is 23.8 Å². The third-order valence-electron chi connectivity index (χ3n) is 4.95. The average Bonchev–Trinajstić information content (AvgIpc) is 2.70. The van der Waals surface area contributed by atoms with Gasteiger partial charge in [0.25, 0.3) is 17.5 Å². The van der Waals surface area contributed by atoms with Gasteiger partial charge in [-0.2, -0.15) is 0 Å². The Labute approximate surface area is 167 Å². The fourth-order valence-electron chi connectivity index (χ4n) is 3.29. The molecule has 1 heterocycles. The van der Waals surface area contributed by atoms with Crippen LogP contribution in [0.2, 0.25) is 0 Å². The molecule has 0 atom stereocenters. The number of quaternary nitrogens is 1. The van der Waals surface area contributed by atoms with Crippen molar-refractivity contribution in [2.24, 2.45) is 0 Å². The molecular weight excluding hydrogens is 379 g/mol. The number of anilines is 1. The topological polar surface area (TPSA) is 97.0 Å². The second-order valence-corrected chi connectivity index (χ2v) is 7.03. The summed E-state index contributed by atoms with van der Waals surface area (Å²) in [5, 5.41) is 13.8. The third-order valence-corrected chi connectivity index (χ3v) is 4.95. The fourth-order valence-corrected chi connectivity index (χ4v) is 3.29. The molecule has 1 aliphatic heterocycles. The van der Waals surface area contributed by atoms with Crippen molar-refractivity contribution in [1.29, 1.82) is 0 Å². The summed E-state index contributed by atoms with van der Waals surface area (Å²) in [4.78, 5) is 38.1. The third kappa shape index (κ3) is 5.14. The number of rotatable bonds is 5. The Balaban J connectivity index is 1.53. The molecule has 9 heteroatoms. The highest BCUT2D eigenvalue weighted by Crippen LogP contribution is 2.20. The van der Waals surface area contributed by atoms with Gasteiger partial charge in [-0.15, -0.1) is 0 Å². The van der Waals surface area contributed by atoms with Gasteiger partial charge in [-0.25, -0.2) is 4.39 Å². The van der Waals surface area contributed by atoms with Gasteiger partial charge < -0.3 is 15.1 Å². The van der Waals surface area contributed by atoms with Crippen molar-refractivity contribution in [3.63, 3.8) is 0 Å². The SMILES string of the molecule is Cc1ccc(C(=O)N2CC[NH+](CC(=O)Nc3ccc(F)cc3)CC2)cc1[N+](=O)[O-]. The lowest BCUT2D eigenvalue weighted by Gasteiger charge is -2.32. The number of hydrogen-bond donors (Lipinski definition) is 2. The first-order valence-electron chi connectivity index (χ1n) is 9.27. The van der Waals surface area contributed by atoms with Gasteiger partial charge in [0.2, 0.25) is 0 Å². The van der Waals surface area contributed by atoms with E-state index in [4.69, 9.17) is 0 Å². The number of amides is 2. The molecule has 0 spiro atoms. The van der Waals surface area contributed by atoms with Crippen LogP contribution in [0.5, 0.6) is 0 Å². The lowest BCUT2D eigenvalue weighted by Crippen LogP contribution is -3.15. The number of hydrogen-bond acceptors (Lipinski definition) is 4. The van der Waals surface area contributed by atoms with E-state index >= 15 is 0 Å². The molecule has 2 N–H and O–H groups in total. The number of piperazine rings is 1. The highest BCUT2D eigenvalue weighted by molar-refractivity contribution is 5.95. The maximum Gasteiger partial charge on any atom is 0.279 e. The largest absolute Gasteiger partial charge is 0.327 e. The first-order valence-corrected chi connectivity index (χ1v) is 9.27. The van der Waals surface area contributed by atoms with Gasteiger partial charge >= 0.3 is 0 Å². The zero-order chi connectivity index (χ0) is 21.0. The number of nitro benzene ring substituents is 1. The van der Waals surface area contributed by atoms with E-state index in [9.17, 15) is 24.1 Å². The Morgan fingerprint density at radius 1 is 1.17 bits per heavy atom. The first-order chi connectivity index (χ1) is 13.8. The lowest BCUT2D eigenvalue weighted by atomic mass is 10.1. The van der Waals surface area contributed by atoms with Crippen molar-refractivity contribution in [2.45, 2.75) is 6.92 Å². The molecule has 3 rings (SSSR count). The van der Waals surface area contributed by atoms with Gasteiger partial charge in [-0.1, -0.05) is 6.07 Å². The molecule has 1 aliphatic rings. The molecule has 0 bridgehead atoms. The van der Waals surface area contributed by atoms with Crippen LogP contribution in [-0.4, -0.2) is 54.4 Å². The molecule has 0 aromatic heterocycles. The maximum atomic E-state index is 12.9. The average molecular weight is 401 g/mol. The predicted octanol–water partition coefficient (Wildman–Crippen LogP) is 1.02. The number of benzene rings is 2. The number of carbonyl (C=O) groups is 2. The minimum Gasteiger partial charge on any atom is -0.327 e. The smallest absolute Gasteiger partial charge is 0.279 e. The van der Waals surface area contributed by atoms with Crippen LogP contribution in [0.25, 0.3) is 0 Å². The summed E-state index contributed by atoms with van der Waals surface area (Å²) >= 11 is 0. The lowest BCUT2D eigenvalue weighted by molar-refractivity contribution is -0.895. The van der Waals surface area contributed by atoms with E-state index in [1.807, 2.05) is 0 Å². The molecule has 0 radical (unpaired) electrons. The normalized spacial score (nSPS) is 14.5. The van der Waals surface area contributed by atoms with Crippen LogP contribution in [0.3, 0.4) is 0 Å². The highest BCUT2D eigenvalue weighted by atomic mass is 19.1. The van der Waals surface area contributed by atoms with Crippen LogP contribution in [0.1, 0.15) is 15.9 Å². The molecule has 1 saturated heterocycles. The van der Waals surface area contributed by atoms with Gasteiger partial charge in [0.05, 0.1) is 31.1 Å². The van der Waals surface area contributed by atoms with Crippen molar-refractivity contribution in [3.8, 4) is 0 Å². The van der Waals surface area contributed by atoms with Crippen LogP contribution < -0.4 is 10.2 Å². The second-order valence-electron chi connectivity index (χ2n) is 7.03. The summed E-state index contributed by atoms with van der Waals surface area (Å²) in [6, 6.07) is 10.0. The summed E-state index contributed by atoms with van der Waals surface area (Å²) in [7, 11) is 0. The van der Waals surface area contributed by atoms with Crippen LogP contribution in [0.15, 0.2) is 42.5 Å². The van der Waals surface area contributed by atoms with Crippen molar-refractivity contribution in [2.75, 3.05) is 38.0 Å². The Hall–Kier alpha value is -3.33. The molecule has 29 heavy (non-hydrogen) atoms. The van der Waals surface area contributed by atoms with Gasteiger partial charge in [-0.05, 0) is 37.3 Å².